The Morgan fingerprint density at radius 1 is 1.11 bits per heavy atom. The quantitative estimate of drug-likeness (QED) is 0.189. The number of hydrogen-bond acceptors (Lipinski definition) is 6. The van der Waals surface area contributed by atoms with E-state index in [1.54, 1.807) is 24.3 Å². The first-order valence-electron chi connectivity index (χ1n) is 12.1. The van der Waals surface area contributed by atoms with Crippen LogP contribution in [0.3, 0.4) is 0 Å². The van der Waals surface area contributed by atoms with E-state index in [1.165, 1.54) is 12.4 Å². The van der Waals surface area contributed by atoms with Crippen LogP contribution >= 0.6 is 15.9 Å². The van der Waals surface area contributed by atoms with Gasteiger partial charge in [-0.1, -0.05) is 40.2 Å². The number of likely N-dealkylation sites (N-methyl/N-ethyl adjacent to an activating group) is 1. The molecule has 194 valence electrons. The summed E-state index contributed by atoms with van der Waals surface area (Å²) >= 11 is 3.39. The van der Waals surface area contributed by atoms with Gasteiger partial charge in [-0.2, -0.15) is 0 Å². The normalized spacial score (nSPS) is 11.8. The summed E-state index contributed by atoms with van der Waals surface area (Å²) in [4.78, 5) is 35.3. The number of fused-ring (bicyclic) bond motifs is 1. The van der Waals surface area contributed by atoms with Crippen LogP contribution in [0.4, 0.5) is 11.5 Å². The average Bonchev–Trinajstić information content (AvgIpc) is 2.91. The summed E-state index contributed by atoms with van der Waals surface area (Å²) in [6, 6.07) is 19.7. The number of benzene rings is 3. The van der Waals surface area contributed by atoms with Crippen LogP contribution in [0.15, 0.2) is 90.2 Å². The summed E-state index contributed by atoms with van der Waals surface area (Å²) < 4.78 is 0.902. The molecule has 0 saturated carbocycles. The number of carbonyl (C=O) groups excluding carboxylic acids is 1. The lowest BCUT2D eigenvalue weighted by Crippen LogP contribution is -2.24. The van der Waals surface area contributed by atoms with Gasteiger partial charge in [0.2, 0.25) is 0 Å². The van der Waals surface area contributed by atoms with Crippen molar-refractivity contribution in [2.75, 3.05) is 30.8 Å². The molecule has 1 amide bonds. The van der Waals surface area contributed by atoms with E-state index in [0.29, 0.717) is 28.0 Å². The third-order valence-electron chi connectivity index (χ3n) is 6.10. The predicted octanol–water partition coefficient (Wildman–Crippen LogP) is 6.00. The number of rotatable bonds is 11. The molecule has 9 heteroatoms. The molecule has 0 radical (unpaired) electrons. The summed E-state index contributed by atoms with van der Waals surface area (Å²) in [5.74, 6) is -0.705. The largest absolute Gasteiger partial charge is 0.478 e. The number of carbonyl (C=O) groups is 2. The molecule has 1 unspecified atom stereocenters. The van der Waals surface area contributed by atoms with Gasteiger partial charge in [0.15, 0.2) is 0 Å². The van der Waals surface area contributed by atoms with Crippen LogP contribution in [0.5, 0.6) is 0 Å². The van der Waals surface area contributed by atoms with E-state index in [2.05, 4.69) is 48.0 Å². The van der Waals surface area contributed by atoms with Crippen molar-refractivity contribution in [1.82, 2.24) is 14.9 Å². The fourth-order valence-electron chi connectivity index (χ4n) is 4.16. The van der Waals surface area contributed by atoms with E-state index in [0.717, 1.165) is 29.5 Å². The van der Waals surface area contributed by atoms with E-state index in [4.69, 9.17) is 0 Å². The Labute approximate surface area is 229 Å². The second-order valence-corrected chi connectivity index (χ2v) is 9.77. The highest BCUT2D eigenvalue weighted by atomic mass is 79.9. The summed E-state index contributed by atoms with van der Waals surface area (Å²) in [6.07, 6.45) is 3.94. The molecule has 1 heterocycles. The highest BCUT2D eigenvalue weighted by molar-refractivity contribution is 9.10. The Kier molecular flexibility index (Phi) is 8.83. The maximum Gasteiger partial charge on any atom is 0.337 e. The number of carboxylic acid groups (broad SMARTS) is 1. The fourth-order valence-corrected chi connectivity index (χ4v) is 4.43. The highest BCUT2D eigenvalue weighted by Crippen LogP contribution is 2.29. The van der Waals surface area contributed by atoms with Crippen LogP contribution in [-0.4, -0.2) is 52.0 Å². The molecule has 0 aliphatic carbocycles. The van der Waals surface area contributed by atoms with Crippen LogP contribution in [0.25, 0.3) is 10.9 Å². The number of anilines is 2. The van der Waals surface area contributed by atoms with Gasteiger partial charge in [0.1, 0.15) is 12.1 Å². The summed E-state index contributed by atoms with van der Waals surface area (Å²) in [6.45, 7) is 5.33. The molecule has 1 atom stereocenters. The Hall–Kier alpha value is -4.08. The van der Waals surface area contributed by atoms with Gasteiger partial charge >= 0.3 is 5.97 Å². The molecule has 3 aromatic carbocycles. The Bertz CT molecular complexity index is 1460. The van der Waals surface area contributed by atoms with Crippen molar-refractivity contribution < 1.29 is 14.7 Å². The van der Waals surface area contributed by atoms with E-state index in [1.807, 2.05) is 49.5 Å². The number of para-hydroxylation sites is 1. The maximum absolute atomic E-state index is 12.8. The van der Waals surface area contributed by atoms with Crippen LogP contribution in [0.1, 0.15) is 38.7 Å². The van der Waals surface area contributed by atoms with E-state index in [9.17, 15) is 14.7 Å². The second-order valence-electron chi connectivity index (χ2n) is 8.85. The molecular weight excluding hydrogens is 546 g/mol. The molecule has 0 aliphatic heterocycles. The van der Waals surface area contributed by atoms with Gasteiger partial charge in [0.25, 0.3) is 5.91 Å². The van der Waals surface area contributed by atoms with Gasteiger partial charge in [-0.3, -0.25) is 4.79 Å². The van der Waals surface area contributed by atoms with Crippen molar-refractivity contribution in [3.8, 4) is 0 Å². The zero-order valence-corrected chi connectivity index (χ0v) is 22.5. The standard InChI is InChI=1S/C29H28BrN5O3/c1-3-15-35(2)16-14-25(34-27-23-8-5-9-24(29(37)38)26(23)31-18-32-27)20-6-4-7-22(17-20)33-28(36)19-10-12-21(30)13-11-19/h3-13,17-18,25H,1,14-16H2,2H3,(H,33,36)(H,37,38)(H,31,32,34). The van der Waals surface area contributed by atoms with Gasteiger partial charge in [0.05, 0.1) is 17.1 Å². The molecule has 38 heavy (non-hydrogen) atoms. The number of amides is 1. The van der Waals surface area contributed by atoms with Gasteiger partial charge in [0, 0.05) is 34.2 Å². The Balaban J connectivity index is 1.64. The third kappa shape index (κ3) is 6.62. The lowest BCUT2D eigenvalue weighted by molar-refractivity contribution is 0.0698. The number of nitrogens with one attached hydrogen (secondary N) is 2. The SMILES string of the molecule is C=CCN(C)CCC(Nc1ncnc2c(C(=O)O)cccc12)c1cccc(NC(=O)c2ccc(Br)cc2)c1. The lowest BCUT2D eigenvalue weighted by atomic mass is 10.0. The molecule has 8 nitrogen and oxygen atoms in total. The fraction of sp³-hybridized carbons (Fsp3) is 0.172. The van der Waals surface area contributed by atoms with Gasteiger partial charge < -0.3 is 20.6 Å². The molecule has 4 rings (SSSR count). The second kappa shape index (κ2) is 12.4. The van der Waals surface area contributed by atoms with E-state index in [-0.39, 0.29) is 17.5 Å². The minimum atomic E-state index is -1.04. The number of halogens is 1. The van der Waals surface area contributed by atoms with Crippen LogP contribution in [0.2, 0.25) is 0 Å². The molecule has 0 fully saturated rings. The van der Waals surface area contributed by atoms with Gasteiger partial charge in [-0.15, -0.1) is 6.58 Å². The molecule has 4 aromatic rings. The van der Waals surface area contributed by atoms with Crippen LogP contribution < -0.4 is 10.6 Å². The van der Waals surface area contributed by atoms with Crippen LogP contribution in [-0.2, 0) is 0 Å². The van der Waals surface area contributed by atoms with Crippen molar-refractivity contribution in [3.63, 3.8) is 0 Å². The number of nitrogens with zero attached hydrogens (tertiary/aromatic N) is 3. The first-order valence-corrected chi connectivity index (χ1v) is 12.8. The number of aromatic carboxylic acids is 1. The van der Waals surface area contributed by atoms with Crippen molar-refractivity contribution in [2.45, 2.75) is 12.5 Å². The van der Waals surface area contributed by atoms with Crippen molar-refractivity contribution in [1.29, 1.82) is 0 Å². The van der Waals surface area contributed by atoms with Gasteiger partial charge in [-0.05, 0) is 67.6 Å². The molecule has 3 N–H and O–H groups in total. The minimum Gasteiger partial charge on any atom is -0.478 e. The average molecular weight is 574 g/mol. The monoisotopic (exact) mass is 573 g/mol. The first-order chi connectivity index (χ1) is 18.4. The number of aromatic nitrogens is 2. The minimum absolute atomic E-state index is 0.118. The third-order valence-corrected chi connectivity index (χ3v) is 6.63. The first kappa shape index (κ1) is 27.0. The van der Waals surface area contributed by atoms with Crippen molar-refractivity contribution in [2.24, 2.45) is 0 Å². The van der Waals surface area contributed by atoms with E-state index < -0.39 is 5.97 Å². The smallest absolute Gasteiger partial charge is 0.337 e. The predicted molar refractivity (Wildman–Crippen MR) is 154 cm³/mol. The van der Waals surface area contributed by atoms with E-state index >= 15 is 0 Å². The summed E-state index contributed by atoms with van der Waals surface area (Å²) in [7, 11) is 2.02. The molecule has 0 saturated heterocycles. The van der Waals surface area contributed by atoms with Crippen molar-refractivity contribution >= 4 is 50.2 Å². The number of hydrogen-bond donors (Lipinski definition) is 3. The summed E-state index contributed by atoms with van der Waals surface area (Å²) in [5, 5.41) is 16.7. The topological polar surface area (TPSA) is 107 Å². The molecule has 0 spiro atoms. The molecule has 1 aromatic heterocycles. The zero-order valence-electron chi connectivity index (χ0n) is 20.9. The summed E-state index contributed by atoms with van der Waals surface area (Å²) in [5.41, 5.74) is 2.67. The molecule has 0 bridgehead atoms. The maximum atomic E-state index is 12.8. The zero-order chi connectivity index (χ0) is 27.1. The molecule has 0 aliphatic rings. The van der Waals surface area contributed by atoms with Gasteiger partial charge in [-0.25, -0.2) is 14.8 Å². The van der Waals surface area contributed by atoms with Crippen LogP contribution in [0, 0.1) is 0 Å². The lowest BCUT2D eigenvalue weighted by Gasteiger charge is -2.24. The Morgan fingerprint density at radius 3 is 2.61 bits per heavy atom. The Morgan fingerprint density at radius 2 is 1.87 bits per heavy atom. The highest BCUT2D eigenvalue weighted by Gasteiger charge is 2.18. The molecular formula is C29H28BrN5O3. The number of carboxylic acids is 1. The van der Waals surface area contributed by atoms with Crippen molar-refractivity contribution in [3.05, 3.63) is 107 Å².